The van der Waals surface area contributed by atoms with Gasteiger partial charge < -0.3 is 5.11 Å². The number of hydrogen-bond acceptors (Lipinski definition) is 7. The Bertz CT molecular complexity index is 1020. The van der Waals surface area contributed by atoms with Crippen molar-refractivity contribution in [3.63, 3.8) is 0 Å². The highest BCUT2D eigenvalue weighted by atomic mass is 32.2. The molecule has 10 nitrogen and oxygen atoms in total. The van der Waals surface area contributed by atoms with Crippen molar-refractivity contribution < 1.29 is 40.7 Å². The van der Waals surface area contributed by atoms with Crippen molar-refractivity contribution in [2.24, 2.45) is 5.84 Å². The number of hydrogen-bond donors (Lipinski definition) is 3. The molecular weight excluding hydrogens is 426 g/mol. The maximum atomic E-state index is 14.4. The second-order valence-corrected chi connectivity index (χ2v) is 7.85. The minimum absolute atomic E-state index is 0.0968. The smallest absolute Gasteiger partial charge is 0.362 e. The number of urea groups is 1. The third kappa shape index (κ3) is 3.81. The summed E-state index contributed by atoms with van der Waals surface area (Å²) in [4.78, 5) is 24.3. The summed E-state index contributed by atoms with van der Waals surface area (Å²) in [6.45, 7) is 1.25. The maximum absolute atomic E-state index is 14.4. The number of hydrazine groups is 1. The summed E-state index contributed by atoms with van der Waals surface area (Å²) in [6, 6.07) is 0.643. The van der Waals surface area contributed by atoms with Crippen LogP contribution >= 0.6 is 0 Å². The van der Waals surface area contributed by atoms with Crippen LogP contribution in [0.5, 0.6) is 0 Å². The lowest BCUT2D eigenvalue weighted by Gasteiger charge is -2.43. The number of aliphatic hydroxyl groups is 1. The van der Waals surface area contributed by atoms with Crippen LogP contribution in [0, 0.1) is 17.1 Å². The Labute approximate surface area is 161 Å². The lowest BCUT2D eigenvalue weighted by atomic mass is 10.0. The summed E-state index contributed by atoms with van der Waals surface area (Å²) >= 11 is 0. The molecular formula is C14H13F4N5O5S. The zero-order valence-corrected chi connectivity index (χ0v) is 15.3. The lowest BCUT2D eigenvalue weighted by Crippen LogP contribution is -2.72. The van der Waals surface area contributed by atoms with E-state index in [0.29, 0.717) is 12.1 Å². The molecule has 0 aliphatic carbocycles. The van der Waals surface area contributed by atoms with Crippen LogP contribution in [0.15, 0.2) is 12.1 Å². The molecule has 0 spiro atoms. The normalized spacial score (nSPS) is 20.6. The van der Waals surface area contributed by atoms with Gasteiger partial charge in [-0.25, -0.2) is 33.4 Å². The summed E-state index contributed by atoms with van der Waals surface area (Å²) in [6.07, 6.45) is -7.24. The van der Waals surface area contributed by atoms with Gasteiger partial charge in [0.15, 0.2) is 0 Å². The lowest BCUT2D eigenvalue weighted by molar-refractivity contribution is -0.307. The van der Waals surface area contributed by atoms with Crippen molar-refractivity contribution in [2.45, 2.75) is 25.2 Å². The van der Waals surface area contributed by atoms with Crippen molar-refractivity contribution >= 4 is 33.3 Å². The van der Waals surface area contributed by atoms with Crippen molar-refractivity contribution in [3.05, 3.63) is 23.5 Å². The molecule has 1 atom stereocenters. The Balaban J connectivity index is 2.59. The van der Waals surface area contributed by atoms with Gasteiger partial charge in [0, 0.05) is 0 Å². The maximum Gasteiger partial charge on any atom is 0.438 e. The molecule has 0 bridgehead atoms. The number of alkyl halides is 3. The highest BCUT2D eigenvalue weighted by Gasteiger charge is 2.64. The number of anilines is 2. The number of nitrogens with one attached hydrogen (secondary N) is 1. The van der Waals surface area contributed by atoms with E-state index in [9.17, 15) is 40.7 Å². The largest absolute Gasteiger partial charge is 0.438 e. The van der Waals surface area contributed by atoms with Gasteiger partial charge in [-0.3, -0.25) is 9.52 Å². The summed E-state index contributed by atoms with van der Waals surface area (Å²) in [5.41, 5.74) is -6.02. The minimum atomic E-state index is -5.50. The monoisotopic (exact) mass is 439 g/mol. The van der Waals surface area contributed by atoms with Crippen LogP contribution in [0.1, 0.15) is 18.9 Å². The van der Waals surface area contributed by atoms with Gasteiger partial charge in [-0.05, 0) is 19.1 Å². The van der Waals surface area contributed by atoms with E-state index >= 15 is 0 Å². The van der Waals surface area contributed by atoms with Crippen molar-refractivity contribution in [3.8, 4) is 6.07 Å². The van der Waals surface area contributed by atoms with E-state index in [1.165, 1.54) is 13.0 Å². The number of carbonyl (C=O) groups excluding carboxylic acids is 2. The first-order valence-electron chi connectivity index (χ1n) is 7.63. The molecule has 0 saturated carbocycles. The van der Waals surface area contributed by atoms with Crippen LogP contribution in [0.2, 0.25) is 0 Å². The van der Waals surface area contributed by atoms with E-state index < -0.39 is 73.8 Å². The Morgan fingerprint density at radius 1 is 1.38 bits per heavy atom. The molecule has 1 unspecified atom stereocenters. The Kier molecular flexibility index (Phi) is 5.49. The van der Waals surface area contributed by atoms with E-state index in [4.69, 9.17) is 11.1 Å². The standard InChI is InChI=1S/C14H13F4N5O5S/c1-2-29(27,28)21-9-4-10(8(15)3-7(9)6-19)22-11(24)5-13(26,14(16,17)18)23(20)12(22)25/h3-4,21,26H,2,5,20H2,1H3. The van der Waals surface area contributed by atoms with E-state index in [0.717, 1.165) is 0 Å². The average molecular weight is 439 g/mol. The molecule has 158 valence electrons. The van der Waals surface area contributed by atoms with Crippen LogP contribution in [0.3, 0.4) is 0 Å². The molecule has 1 aromatic carbocycles. The van der Waals surface area contributed by atoms with Gasteiger partial charge in [0.2, 0.25) is 15.9 Å². The van der Waals surface area contributed by atoms with Crippen molar-refractivity contribution in [1.82, 2.24) is 5.01 Å². The van der Waals surface area contributed by atoms with E-state index in [2.05, 4.69) is 0 Å². The highest BCUT2D eigenvalue weighted by Crippen LogP contribution is 2.40. The zero-order chi connectivity index (χ0) is 22.4. The first kappa shape index (κ1) is 22.3. The molecule has 2 rings (SSSR count). The Hall–Kier alpha value is -2.96. The van der Waals surface area contributed by atoms with Gasteiger partial charge in [0.1, 0.15) is 11.9 Å². The summed E-state index contributed by atoms with van der Waals surface area (Å²) < 4.78 is 78.9. The molecule has 1 aliphatic rings. The Morgan fingerprint density at radius 3 is 2.45 bits per heavy atom. The minimum Gasteiger partial charge on any atom is -0.362 e. The third-order valence-electron chi connectivity index (χ3n) is 3.99. The van der Waals surface area contributed by atoms with Crippen LogP contribution < -0.4 is 15.5 Å². The van der Waals surface area contributed by atoms with Crippen LogP contribution in [0.25, 0.3) is 0 Å². The van der Waals surface area contributed by atoms with Gasteiger partial charge in [0.25, 0.3) is 5.72 Å². The molecule has 1 aliphatic heterocycles. The molecule has 4 N–H and O–H groups in total. The molecule has 1 aromatic rings. The van der Waals surface area contributed by atoms with Crippen molar-refractivity contribution in [2.75, 3.05) is 15.4 Å². The number of nitrogens with zero attached hydrogens (tertiary/aromatic N) is 3. The van der Waals surface area contributed by atoms with Crippen molar-refractivity contribution in [1.29, 1.82) is 5.26 Å². The number of sulfonamides is 1. The molecule has 1 fully saturated rings. The zero-order valence-electron chi connectivity index (χ0n) is 14.5. The topological polar surface area (TPSA) is 157 Å². The SMILES string of the molecule is CCS(=O)(=O)Nc1cc(N2C(=O)CC(O)(C(F)(F)F)N(N)C2=O)c(F)cc1C#N. The Morgan fingerprint density at radius 2 is 1.97 bits per heavy atom. The van der Waals surface area contributed by atoms with Gasteiger partial charge in [-0.1, -0.05) is 0 Å². The fraction of sp³-hybridized carbons (Fsp3) is 0.357. The molecule has 1 saturated heterocycles. The van der Waals surface area contributed by atoms with E-state index in [-0.39, 0.29) is 4.90 Å². The number of amides is 3. The van der Waals surface area contributed by atoms with Gasteiger partial charge in [-0.15, -0.1) is 0 Å². The molecule has 0 radical (unpaired) electrons. The van der Waals surface area contributed by atoms with Crippen LogP contribution in [-0.2, 0) is 14.8 Å². The number of halogens is 4. The van der Waals surface area contributed by atoms with Gasteiger partial charge >= 0.3 is 12.2 Å². The number of imide groups is 1. The average Bonchev–Trinajstić information content (AvgIpc) is 2.60. The fourth-order valence-corrected chi connectivity index (χ4v) is 3.02. The second kappa shape index (κ2) is 7.13. The van der Waals surface area contributed by atoms with Gasteiger partial charge in [0.05, 0.1) is 29.1 Å². The van der Waals surface area contributed by atoms with Gasteiger partial charge in [-0.2, -0.15) is 18.4 Å². The molecule has 29 heavy (non-hydrogen) atoms. The highest BCUT2D eigenvalue weighted by molar-refractivity contribution is 7.92. The van der Waals surface area contributed by atoms with E-state index in [1.54, 1.807) is 0 Å². The summed E-state index contributed by atoms with van der Waals surface area (Å²) in [5, 5.41) is 18.0. The molecule has 1 heterocycles. The number of rotatable bonds is 4. The molecule has 15 heteroatoms. The summed E-state index contributed by atoms with van der Waals surface area (Å²) in [5.74, 6) is 1.53. The van der Waals surface area contributed by atoms with E-state index in [1.807, 2.05) is 4.72 Å². The predicted octanol–water partition coefficient (Wildman–Crippen LogP) is 0.742. The van der Waals surface area contributed by atoms with Crippen LogP contribution in [-0.4, -0.2) is 48.1 Å². The number of nitriles is 1. The molecule has 0 aromatic heterocycles. The number of nitrogens with two attached hydrogens (primary N) is 1. The fourth-order valence-electron chi connectivity index (χ4n) is 2.37. The number of carbonyl (C=O) groups is 2. The quantitative estimate of drug-likeness (QED) is 0.355. The predicted molar refractivity (Wildman–Crippen MR) is 88.7 cm³/mol. The first-order chi connectivity index (χ1) is 13.2. The number of benzene rings is 1. The third-order valence-corrected chi connectivity index (χ3v) is 5.28. The first-order valence-corrected chi connectivity index (χ1v) is 9.28. The van der Waals surface area contributed by atoms with Crippen LogP contribution in [0.4, 0.5) is 33.7 Å². The molecule has 3 amide bonds. The summed E-state index contributed by atoms with van der Waals surface area (Å²) in [7, 11) is -3.98. The second-order valence-electron chi connectivity index (χ2n) is 5.84.